The quantitative estimate of drug-likeness (QED) is 0.697. The second-order valence-corrected chi connectivity index (χ2v) is 4.85. The standard InChI is InChI=1S/C11H21NO2/c1-5-9(2)8-12-10(13)11(3,4)6-7-14-12/h9H,5-8H2,1-4H3. The van der Waals surface area contributed by atoms with Gasteiger partial charge in [0, 0.05) is 5.41 Å². The topological polar surface area (TPSA) is 29.5 Å². The first kappa shape index (κ1) is 11.5. The first-order valence-corrected chi connectivity index (χ1v) is 5.42. The molecule has 0 saturated carbocycles. The van der Waals surface area contributed by atoms with E-state index in [1.165, 1.54) is 0 Å². The second-order valence-electron chi connectivity index (χ2n) is 4.85. The zero-order valence-electron chi connectivity index (χ0n) is 9.67. The monoisotopic (exact) mass is 199 g/mol. The van der Waals surface area contributed by atoms with E-state index in [-0.39, 0.29) is 11.3 Å². The van der Waals surface area contributed by atoms with Gasteiger partial charge in [0.25, 0.3) is 5.91 Å². The molecule has 82 valence electrons. The van der Waals surface area contributed by atoms with Gasteiger partial charge in [-0.15, -0.1) is 0 Å². The third kappa shape index (κ3) is 2.47. The maximum absolute atomic E-state index is 11.9. The Hall–Kier alpha value is -0.570. The first-order chi connectivity index (χ1) is 6.47. The van der Waals surface area contributed by atoms with Crippen molar-refractivity contribution in [1.82, 2.24) is 5.06 Å². The van der Waals surface area contributed by atoms with E-state index in [1.807, 2.05) is 13.8 Å². The van der Waals surface area contributed by atoms with Gasteiger partial charge < -0.3 is 0 Å². The lowest BCUT2D eigenvalue weighted by molar-refractivity contribution is -0.217. The van der Waals surface area contributed by atoms with Gasteiger partial charge in [-0.25, -0.2) is 5.06 Å². The Balaban J connectivity index is 2.57. The Labute approximate surface area is 86.4 Å². The van der Waals surface area contributed by atoms with Crippen molar-refractivity contribution in [3.05, 3.63) is 0 Å². The summed E-state index contributed by atoms with van der Waals surface area (Å²) in [5.74, 6) is 0.636. The van der Waals surface area contributed by atoms with Gasteiger partial charge in [0.1, 0.15) is 0 Å². The number of hydroxylamine groups is 2. The highest BCUT2D eigenvalue weighted by Gasteiger charge is 2.36. The Bertz CT molecular complexity index is 213. The van der Waals surface area contributed by atoms with Gasteiger partial charge >= 0.3 is 0 Å². The van der Waals surface area contributed by atoms with Crippen LogP contribution in [0.5, 0.6) is 0 Å². The van der Waals surface area contributed by atoms with Gasteiger partial charge in [0.15, 0.2) is 0 Å². The lowest BCUT2D eigenvalue weighted by atomic mass is 9.87. The van der Waals surface area contributed by atoms with Crippen molar-refractivity contribution >= 4 is 5.91 Å². The number of hydrogen-bond donors (Lipinski definition) is 0. The van der Waals surface area contributed by atoms with Crippen LogP contribution >= 0.6 is 0 Å². The van der Waals surface area contributed by atoms with Crippen LogP contribution in [-0.4, -0.2) is 24.1 Å². The van der Waals surface area contributed by atoms with Crippen LogP contribution in [0.15, 0.2) is 0 Å². The van der Waals surface area contributed by atoms with Crippen molar-refractivity contribution in [2.45, 2.75) is 40.5 Å². The number of rotatable bonds is 3. The second kappa shape index (κ2) is 4.30. The van der Waals surface area contributed by atoms with E-state index < -0.39 is 0 Å². The predicted molar refractivity (Wildman–Crippen MR) is 55.5 cm³/mol. The van der Waals surface area contributed by atoms with Crippen LogP contribution in [0.3, 0.4) is 0 Å². The summed E-state index contributed by atoms with van der Waals surface area (Å²) in [6, 6.07) is 0. The Morgan fingerprint density at radius 1 is 1.57 bits per heavy atom. The van der Waals surface area contributed by atoms with Crippen LogP contribution in [0.4, 0.5) is 0 Å². The van der Waals surface area contributed by atoms with Crippen LogP contribution < -0.4 is 0 Å². The molecule has 0 aromatic rings. The molecule has 1 atom stereocenters. The number of carbonyl (C=O) groups excluding carboxylic acids is 1. The zero-order valence-corrected chi connectivity index (χ0v) is 9.67. The summed E-state index contributed by atoms with van der Waals surface area (Å²) in [5.41, 5.74) is -0.244. The lowest BCUT2D eigenvalue weighted by Gasteiger charge is -2.37. The molecular formula is C11H21NO2. The molecule has 3 heteroatoms. The Morgan fingerprint density at radius 3 is 2.79 bits per heavy atom. The number of carbonyl (C=O) groups is 1. The van der Waals surface area contributed by atoms with Gasteiger partial charge in [0.05, 0.1) is 13.2 Å². The molecule has 1 amide bonds. The molecule has 0 aromatic heterocycles. The molecule has 0 bridgehead atoms. The van der Waals surface area contributed by atoms with Gasteiger partial charge in [0.2, 0.25) is 0 Å². The van der Waals surface area contributed by atoms with Gasteiger partial charge in [-0.3, -0.25) is 9.63 Å². The number of amides is 1. The van der Waals surface area contributed by atoms with E-state index in [4.69, 9.17) is 4.84 Å². The maximum Gasteiger partial charge on any atom is 0.251 e. The van der Waals surface area contributed by atoms with Crippen LogP contribution in [0, 0.1) is 11.3 Å². The van der Waals surface area contributed by atoms with Gasteiger partial charge in [-0.1, -0.05) is 34.1 Å². The average Bonchev–Trinajstić information content (AvgIpc) is 2.12. The molecule has 1 heterocycles. The van der Waals surface area contributed by atoms with Crippen LogP contribution in [0.1, 0.15) is 40.5 Å². The van der Waals surface area contributed by atoms with Crippen molar-refractivity contribution in [2.24, 2.45) is 11.3 Å². The van der Waals surface area contributed by atoms with E-state index in [0.717, 1.165) is 19.4 Å². The fourth-order valence-electron chi connectivity index (χ4n) is 1.46. The molecule has 1 saturated heterocycles. The van der Waals surface area contributed by atoms with Gasteiger partial charge in [-0.05, 0) is 12.3 Å². The Morgan fingerprint density at radius 2 is 2.21 bits per heavy atom. The summed E-state index contributed by atoms with van der Waals surface area (Å²) in [6.07, 6.45) is 1.90. The molecule has 1 rings (SSSR count). The van der Waals surface area contributed by atoms with Crippen molar-refractivity contribution in [3.63, 3.8) is 0 Å². The molecule has 0 aromatic carbocycles. The highest BCUT2D eigenvalue weighted by molar-refractivity contribution is 5.81. The molecule has 0 spiro atoms. The predicted octanol–water partition coefficient (Wildman–Crippen LogP) is 2.22. The smallest absolute Gasteiger partial charge is 0.251 e. The van der Waals surface area contributed by atoms with Crippen LogP contribution in [0.2, 0.25) is 0 Å². The zero-order chi connectivity index (χ0) is 10.8. The van der Waals surface area contributed by atoms with Crippen LogP contribution in [-0.2, 0) is 9.63 Å². The normalized spacial score (nSPS) is 23.7. The minimum absolute atomic E-state index is 0.129. The summed E-state index contributed by atoms with van der Waals surface area (Å²) in [7, 11) is 0. The third-order valence-electron chi connectivity index (χ3n) is 2.95. The summed E-state index contributed by atoms with van der Waals surface area (Å²) >= 11 is 0. The van der Waals surface area contributed by atoms with Crippen molar-refractivity contribution in [2.75, 3.05) is 13.2 Å². The summed E-state index contributed by atoms with van der Waals surface area (Å²) in [4.78, 5) is 17.3. The maximum atomic E-state index is 11.9. The minimum atomic E-state index is -0.244. The minimum Gasteiger partial charge on any atom is -0.272 e. The van der Waals surface area contributed by atoms with E-state index in [1.54, 1.807) is 5.06 Å². The van der Waals surface area contributed by atoms with Crippen LogP contribution in [0.25, 0.3) is 0 Å². The third-order valence-corrected chi connectivity index (χ3v) is 2.95. The van der Waals surface area contributed by atoms with E-state index in [2.05, 4.69) is 13.8 Å². The molecule has 3 nitrogen and oxygen atoms in total. The molecule has 1 unspecified atom stereocenters. The highest BCUT2D eigenvalue weighted by Crippen LogP contribution is 2.28. The van der Waals surface area contributed by atoms with E-state index in [0.29, 0.717) is 12.5 Å². The molecule has 1 fully saturated rings. The highest BCUT2D eigenvalue weighted by atomic mass is 16.7. The summed E-state index contributed by atoms with van der Waals surface area (Å²) in [6.45, 7) is 9.62. The van der Waals surface area contributed by atoms with Gasteiger partial charge in [-0.2, -0.15) is 0 Å². The average molecular weight is 199 g/mol. The summed E-state index contributed by atoms with van der Waals surface area (Å²) in [5, 5.41) is 1.55. The van der Waals surface area contributed by atoms with Crippen molar-refractivity contribution in [3.8, 4) is 0 Å². The molecule has 0 aliphatic carbocycles. The molecule has 1 aliphatic rings. The molecule has 14 heavy (non-hydrogen) atoms. The van der Waals surface area contributed by atoms with Crippen molar-refractivity contribution < 1.29 is 9.63 Å². The molecular weight excluding hydrogens is 178 g/mol. The SMILES string of the molecule is CCC(C)CN1OCCC(C)(C)C1=O. The largest absolute Gasteiger partial charge is 0.272 e. The summed E-state index contributed by atoms with van der Waals surface area (Å²) < 4.78 is 0. The van der Waals surface area contributed by atoms with Crippen molar-refractivity contribution in [1.29, 1.82) is 0 Å². The number of hydrogen-bond acceptors (Lipinski definition) is 2. The van der Waals surface area contributed by atoms with E-state index >= 15 is 0 Å². The molecule has 1 aliphatic heterocycles. The molecule has 0 N–H and O–H groups in total. The first-order valence-electron chi connectivity index (χ1n) is 5.42. The molecule has 0 radical (unpaired) electrons. The number of nitrogens with zero attached hydrogens (tertiary/aromatic N) is 1. The fraction of sp³-hybridized carbons (Fsp3) is 0.909. The van der Waals surface area contributed by atoms with E-state index in [9.17, 15) is 4.79 Å². The lowest BCUT2D eigenvalue weighted by Crippen LogP contribution is -2.47. The Kier molecular flexibility index (Phi) is 3.53. The fourth-order valence-corrected chi connectivity index (χ4v) is 1.46.